The lowest BCUT2D eigenvalue weighted by Gasteiger charge is -2.02. The van der Waals surface area contributed by atoms with E-state index in [0.717, 1.165) is 5.56 Å². The van der Waals surface area contributed by atoms with Gasteiger partial charge in [-0.15, -0.1) is 0 Å². The third-order valence-corrected chi connectivity index (χ3v) is 2.33. The highest BCUT2D eigenvalue weighted by Crippen LogP contribution is 2.14. The summed E-state index contributed by atoms with van der Waals surface area (Å²) in [7, 11) is 0. The molecule has 2 aromatic heterocycles. The molecular formula is C12H9N5. The van der Waals surface area contributed by atoms with E-state index in [1.165, 1.54) is 6.33 Å². The zero-order valence-electron chi connectivity index (χ0n) is 8.93. The van der Waals surface area contributed by atoms with Gasteiger partial charge in [0.05, 0.1) is 0 Å². The molecule has 0 bridgehead atoms. The van der Waals surface area contributed by atoms with Crippen LogP contribution in [0.1, 0.15) is 0 Å². The molecule has 5 nitrogen and oxygen atoms in total. The maximum Gasteiger partial charge on any atom is 0.161 e. The van der Waals surface area contributed by atoms with Gasteiger partial charge in [-0.2, -0.15) is 5.10 Å². The molecule has 17 heavy (non-hydrogen) atoms. The third-order valence-electron chi connectivity index (χ3n) is 2.33. The number of nitrogens with zero attached hydrogens (tertiary/aromatic N) is 5. The van der Waals surface area contributed by atoms with Crippen LogP contribution in [-0.4, -0.2) is 24.7 Å². The lowest BCUT2D eigenvalue weighted by molar-refractivity contribution is 0.840. The summed E-state index contributed by atoms with van der Waals surface area (Å²) in [6.07, 6.45) is 4.80. The average Bonchev–Trinajstić information content (AvgIpc) is 2.94. The van der Waals surface area contributed by atoms with Crippen LogP contribution in [0.3, 0.4) is 0 Å². The number of rotatable bonds is 2. The molecule has 3 aromatic rings. The summed E-state index contributed by atoms with van der Waals surface area (Å²) in [5.41, 5.74) is 0.981. The summed E-state index contributed by atoms with van der Waals surface area (Å²) in [4.78, 5) is 12.6. The predicted octanol–water partition coefficient (Wildman–Crippen LogP) is 1.72. The molecule has 0 amide bonds. The molecule has 0 saturated heterocycles. The van der Waals surface area contributed by atoms with Crippen molar-refractivity contribution in [3.8, 4) is 17.2 Å². The first-order valence-corrected chi connectivity index (χ1v) is 5.17. The fourth-order valence-corrected chi connectivity index (χ4v) is 1.53. The molecule has 0 atom stereocenters. The Balaban J connectivity index is 2.06. The molecule has 1 aromatic carbocycles. The van der Waals surface area contributed by atoms with Crippen LogP contribution in [0.5, 0.6) is 0 Å². The molecule has 0 spiro atoms. The van der Waals surface area contributed by atoms with Crippen LogP contribution in [0, 0.1) is 0 Å². The smallest absolute Gasteiger partial charge is 0.161 e. The Morgan fingerprint density at radius 1 is 1.00 bits per heavy atom. The van der Waals surface area contributed by atoms with Gasteiger partial charge in [-0.05, 0) is 0 Å². The first-order valence-electron chi connectivity index (χ1n) is 5.17. The standard InChI is InChI=1S/C12H9N5/c1-2-4-10(5-3-1)12-14-7-6-11(16-12)17-9-13-8-15-17/h1-9H. The maximum atomic E-state index is 4.43. The fraction of sp³-hybridized carbons (Fsp3) is 0. The second-order valence-electron chi connectivity index (χ2n) is 3.44. The van der Waals surface area contributed by atoms with E-state index in [1.807, 2.05) is 30.3 Å². The Morgan fingerprint density at radius 3 is 2.65 bits per heavy atom. The summed E-state index contributed by atoms with van der Waals surface area (Å²) in [5, 5.41) is 4.04. The van der Waals surface area contributed by atoms with E-state index < -0.39 is 0 Å². The van der Waals surface area contributed by atoms with Crippen LogP contribution in [0.2, 0.25) is 0 Å². The minimum atomic E-state index is 0.679. The molecule has 0 aliphatic rings. The van der Waals surface area contributed by atoms with Crippen molar-refractivity contribution in [1.29, 1.82) is 0 Å². The van der Waals surface area contributed by atoms with Crippen LogP contribution in [0.25, 0.3) is 17.2 Å². The van der Waals surface area contributed by atoms with Crippen molar-refractivity contribution in [3.05, 3.63) is 55.2 Å². The molecule has 0 unspecified atom stereocenters. The lowest BCUT2D eigenvalue weighted by Crippen LogP contribution is -2.00. The van der Waals surface area contributed by atoms with E-state index in [1.54, 1.807) is 23.3 Å². The van der Waals surface area contributed by atoms with Crippen molar-refractivity contribution >= 4 is 0 Å². The summed E-state index contributed by atoms with van der Waals surface area (Å²) in [6, 6.07) is 11.6. The second-order valence-corrected chi connectivity index (χ2v) is 3.44. The Labute approximate surface area is 97.8 Å². The number of hydrogen-bond acceptors (Lipinski definition) is 4. The van der Waals surface area contributed by atoms with Gasteiger partial charge >= 0.3 is 0 Å². The molecule has 0 aliphatic heterocycles. The molecule has 0 fully saturated rings. The van der Waals surface area contributed by atoms with Gasteiger partial charge in [-0.1, -0.05) is 30.3 Å². The highest BCUT2D eigenvalue weighted by molar-refractivity contribution is 5.55. The molecule has 0 saturated carbocycles. The molecule has 3 rings (SSSR count). The molecule has 5 heteroatoms. The first kappa shape index (κ1) is 9.65. The SMILES string of the molecule is c1ccc(-c2nccc(-n3cncn3)n2)cc1. The van der Waals surface area contributed by atoms with Crippen LogP contribution in [0.15, 0.2) is 55.2 Å². The Hall–Kier alpha value is -2.56. The lowest BCUT2D eigenvalue weighted by atomic mass is 10.2. The fourth-order valence-electron chi connectivity index (χ4n) is 1.53. The molecule has 0 aliphatic carbocycles. The van der Waals surface area contributed by atoms with E-state index in [2.05, 4.69) is 20.1 Å². The summed E-state index contributed by atoms with van der Waals surface area (Å²) in [5.74, 6) is 1.38. The Bertz CT molecular complexity index is 604. The van der Waals surface area contributed by atoms with E-state index in [0.29, 0.717) is 11.6 Å². The summed E-state index contributed by atoms with van der Waals surface area (Å²) in [6.45, 7) is 0. The van der Waals surface area contributed by atoms with E-state index in [-0.39, 0.29) is 0 Å². The van der Waals surface area contributed by atoms with Crippen molar-refractivity contribution in [2.75, 3.05) is 0 Å². The van der Waals surface area contributed by atoms with Crippen molar-refractivity contribution in [1.82, 2.24) is 24.7 Å². The van der Waals surface area contributed by atoms with Gasteiger partial charge in [0.1, 0.15) is 12.7 Å². The zero-order valence-corrected chi connectivity index (χ0v) is 8.93. The molecule has 82 valence electrons. The minimum Gasteiger partial charge on any atom is -0.236 e. The van der Waals surface area contributed by atoms with Crippen LogP contribution in [0.4, 0.5) is 0 Å². The van der Waals surface area contributed by atoms with Gasteiger partial charge in [0.15, 0.2) is 11.6 Å². The number of hydrogen-bond donors (Lipinski definition) is 0. The number of benzene rings is 1. The number of aromatic nitrogens is 5. The largest absolute Gasteiger partial charge is 0.236 e. The summed E-state index contributed by atoms with van der Waals surface area (Å²) >= 11 is 0. The first-order chi connectivity index (χ1) is 8.43. The van der Waals surface area contributed by atoms with Gasteiger partial charge in [0, 0.05) is 17.8 Å². The van der Waals surface area contributed by atoms with Gasteiger partial charge in [0.25, 0.3) is 0 Å². The third kappa shape index (κ3) is 1.90. The average molecular weight is 223 g/mol. The highest BCUT2D eigenvalue weighted by Gasteiger charge is 2.03. The van der Waals surface area contributed by atoms with Crippen LogP contribution >= 0.6 is 0 Å². The van der Waals surface area contributed by atoms with E-state index in [4.69, 9.17) is 0 Å². The van der Waals surface area contributed by atoms with Crippen molar-refractivity contribution < 1.29 is 0 Å². The molecule has 0 radical (unpaired) electrons. The van der Waals surface area contributed by atoms with Gasteiger partial charge in [-0.25, -0.2) is 19.6 Å². The predicted molar refractivity (Wildman–Crippen MR) is 62.4 cm³/mol. The van der Waals surface area contributed by atoms with Crippen LogP contribution in [-0.2, 0) is 0 Å². The normalized spacial score (nSPS) is 10.4. The van der Waals surface area contributed by atoms with Crippen molar-refractivity contribution in [2.45, 2.75) is 0 Å². The minimum absolute atomic E-state index is 0.679. The maximum absolute atomic E-state index is 4.43. The van der Waals surface area contributed by atoms with Gasteiger partial charge in [-0.3, -0.25) is 0 Å². The molecule has 0 N–H and O–H groups in total. The molecule has 2 heterocycles. The van der Waals surface area contributed by atoms with Crippen LogP contribution < -0.4 is 0 Å². The van der Waals surface area contributed by atoms with Crippen molar-refractivity contribution in [2.24, 2.45) is 0 Å². The zero-order chi connectivity index (χ0) is 11.5. The Morgan fingerprint density at radius 2 is 1.88 bits per heavy atom. The quantitative estimate of drug-likeness (QED) is 0.663. The Kier molecular flexibility index (Phi) is 2.34. The topological polar surface area (TPSA) is 56.5 Å². The van der Waals surface area contributed by atoms with E-state index in [9.17, 15) is 0 Å². The second kappa shape index (κ2) is 4.13. The monoisotopic (exact) mass is 223 g/mol. The van der Waals surface area contributed by atoms with Gasteiger partial charge < -0.3 is 0 Å². The van der Waals surface area contributed by atoms with E-state index >= 15 is 0 Å². The van der Waals surface area contributed by atoms with Crippen molar-refractivity contribution in [3.63, 3.8) is 0 Å². The summed E-state index contributed by atoms with van der Waals surface area (Å²) < 4.78 is 1.61. The highest BCUT2D eigenvalue weighted by atomic mass is 15.3. The molecular weight excluding hydrogens is 214 g/mol. The van der Waals surface area contributed by atoms with Gasteiger partial charge in [0.2, 0.25) is 0 Å².